The molecule has 3 aromatic heterocycles. The van der Waals surface area contributed by atoms with Crippen molar-refractivity contribution in [1.82, 2.24) is 19.1 Å². The average Bonchev–Trinajstić information content (AvgIpc) is 3.42. The maximum absolute atomic E-state index is 13.0. The van der Waals surface area contributed by atoms with Crippen LogP contribution in [0.15, 0.2) is 47.1 Å². The second-order valence-electron chi connectivity index (χ2n) is 6.67. The van der Waals surface area contributed by atoms with Gasteiger partial charge in [-0.3, -0.25) is 9.36 Å². The molecule has 3 heterocycles. The number of Topliss-reactive ketones (excluding diaryl/α,β-unsaturated/α-hetero) is 1. The molecular weight excluding hydrogens is 404 g/mol. The van der Waals surface area contributed by atoms with Gasteiger partial charge in [0, 0.05) is 42.2 Å². The van der Waals surface area contributed by atoms with Crippen LogP contribution in [0.5, 0.6) is 0 Å². The highest BCUT2D eigenvalue weighted by Crippen LogP contribution is 2.27. The van der Waals surface area contributed by atoms with Crippen LogP contribution in [-0.2, 0) is 11.3 Å². The Bertz CT molecular complexity index is 1150. The SMILES string of the molecule is COCCn1c(SCC(=O)c2cc(C)n(-c3nccs3)c2C)nc2ccccc21. The van der Waals surface area contributed by atoms with Gasteiger partial charge in [-0.05, 0) is 32.0 Å². The number of thiazole rings is 1. The lowest BCUT2D eigenvalue weighted by Gasteiger charge is -2.08. The lowest BCUT2D eigenvalue weighted by Crippen LogP contribution is -2.08. The van der Waals surface area contributed by atoms with Gasteiger partial charge in [0.05, 0.1) is 23.4 Å². The fourth-order valence-electron chi connectivity index (χ4n) is 3.44. The molecule has 0 spiro atoms. The number of para-hydroxylation sites is 2. The zero-order valence-corrected chi connectivity index (χ0v) is 18.2. The van der Waals surface area contributed by atoms with Crippen molar-refractivity contribution in [3.8, 4) is 5.13 Å². The summed E-state index contributed by atoms with van der Waals surface area (Å²) in [6.45, 7) is 5.27. The molecule has 150 valence electrons. The monoisotopic (exact) mass is 426 g/mol. The summed E-state index contributed by atoms with van der Waals surface area (Å²) in [7, 11) is 1.69. The van der Waals surface area contributed by atoms with E-state index in [0.29, 0.717) is 18.9 Å². The Morgan fingerprint density at radius 2 is 2.10 bits per heavy atom. The van der Waals surface area contributed by atoms with Crippen LogP contribution in [0.3, 0.4) is 0 Å². The fourth-order valence-corrected chi connectivity index (χ4v) is 5.11. The Morgan fingerprint density at radius 3 is 2.86 bits per heavy atom. The highest BCUT2D eigenvalue weighted by atomic mass is 32.2. The average molecular weight is 427 g/mol. The van der Waals surface area contributed by atoms with Crippen LogP contribution in [0.1, 0.15) is 21.7 Å². The van der Waals surface area contributed by atoms with Gasteiger partial charge >= 0.3 is 0 Å². The second-order valence-corrected chi connectivity index (χ2v) is 8.49. The third-order valence-electron chi connectivity index (χ3n) is 4.81. The number of aromatic nitrogens is 4. The molecule has 4 aromatic rings. The fraction of sp³-hybridized carbons (Fsp3) is 0.286. The number of hydrogen-bond donors (Lipinski definition) is 0. The molecule has 0 fully saturated rings. The maximum atomic E-state index is 13.0. The second kappa shape index (κ2) is 8.52. The number of aryl methyl sites for hydroxylation is 1. The molecule has 8 heteroatoms. The van der Waals surface area contributed by atoms with E-state index >= 15 is 0 Å². The molecule has 0 radical (unpaired) electrons. The van der Waals surface area contributed by atoms with Crippen LogP contribution in [0.4, 0.5) is 0 Å². The minimum absolute atomic E-state index is 0.0938. The van der Waals surface area contributed by atoms with E-state index < -0.39 is 0 Å². The zero-order chi connectivity index (χ0) is 20.4. The standard InChI is InChI=1S/C21H22N4O2S2/c1-14-12-16(15(2)25(14)20-22-8-11-28-20)19(26)13-29-21-23-17-6-4-5-7-18(17)24(21)9-10-27-3/h4-8,11-12H,9-10,13H2,1-3H3. The van der Waals surface area contributed by atoms with Crippen molar-refractivity contribution >= 4 is 39.9 Å². The van der Waals surface area contributed by atoms with Gasteiger partial charge in [-0.2, -0.15) is 0 Å². The number of ether oxygens (including phenoxy) is 1. The molecule has 0 aliphatic rings. The number of benzene rings is 1. The van der Waals surface area contributed by atoms with Crippen molar-refractivity contribution in [3.05, 3.63) is 58.9 Å². The minimum Gasteiger partial charge on any atom is -0.383 e. The summed E-state index contributed by atoms with van der Waals surface area (Å²) >= 11 is 3.03. The molecule has 0 saturated heterocycles. The quantitative estimate of drug-likeness (QED) is 0.306. The van der Waals surface area contributed by atoms with Crippen LogP contribution < -0.4 is 0 Å². The number of imidazole rings is 1. The third kappa shape index (κ3) is 3.88. The predicted molar refractivity (Wildman–Crippen MR) is 118 cm³/mol. The Labute approximate surface area is 177 Å². The first kappa shape index (κ1) is 19.9. The molecule has 1 aromatic carbocycles. The molecule has 0 amide bonds. The Kier molecular flexibility index (Phi) is 5.84. The normalized spacial score (nSPS) is 11.4. The molecule has 0 aliphatic heterocycles. The van der Waals surface area contributed by atoms with E-state index in [0.717, 1.165) is 38.3 Å². The molecule has 0 saturated carbocycles. The summed E-state index contributed by atoms with van der Waals surface area (Å²) in [5.41, 5.74) is 4.67. The summed E-state index contributed by atoms with van der Waals surface area (Å²) in [5, 5.41) is 3.66. The van der Waals surface area contributed by atoms with Gasteiger partial charge in [-0.1, -0.05) is 23.9 Å². The largest absolute Gasteiger partial charge is 0.383 e. The first-order valence-corrected chi connectivity index (χ1v) is 11.2. The number of ketones is 1. The summed E-state index contributed by atoms with van der Waals surface area (Å²) in [4.78, 5) is 22.1. The molecule has 0 aliphatic carbocycles. The number of carbonyl (C=O) groups is 1. The lowest BCUT2D eigenvalue weighted by atomic mass is 10.2. The smallest absolute Gasteiger partial charge is 0.193 e. The van der Waals surface area contributed by atoms with Gasteiger partial charge in [-0.15, -0.1) is 11.3 Å². The Morgan fingerprint density at radius 1 is 1.28 bits per heavy atom. The van der Waals surface area contributed by atoms with Crippen molar-refractivity contribution in [2.24, 2.45) is 0 Å². The van der Waals surface area contributed by atoms with Gasteiger partial charge in [0.1, 0.15) is 0 Å². The van der Waals surface area contributed by atoms with Crippen LogP contribution in [-0.4, -0.2) is 44.4 Å². The molecule has 0 unspecified atom stereocenters. The van der Waals surface area contributed by atoms with Crippen LogP contribution >= 0.6 is 23.1 Å². The molecule has 29 heavy (non-hydrogen) atoms. The summed E-state index contributed by atoms with van der Waals surface area (Å²) in [6.07, 6.45) is 1.78. The van der Waals surface area contributed by atoms with E-state index in [4.69, 9.17) is 9.72 Å². The topological polar surface area (TPSA) is 61.9 Å². The van der Waals surface area contributed by atoms with Crippen molar-refractivity contribution in [1.29, 1.82) is 0 Å². The zero-order valence-electron chi connectivity index (χ0n) is 16.6. The first-order valence-electron chi connectivity index (χ1n) is 9.29. The molecule has 0 bridgehead atoms. The van der Waals surface area contributed by atoms with Crippen LogP contribution in [0, 0.1) is 13.8 Å². The van der Waals surface area contributed by atoms with E-state index in [1.165, 1.54) is 11.8 Å². The van der Waals surface area contributed by atoms with E-state index in [-0.39, 0.29) is 5.78 Å². The molecular formula is C21H22N4O2S2. The van der Waals surface area contributed by atoms with Gasteiger partial charge in [0.2, 0.25) is 0 Å². The summed E-state index contributed by atoms with van der Waals surface area (Å²) in [6, 6.07) is 9.97. The predicted octanol–water partition coefficient (Wildman–Crippen LogP) is 4.52. The van der Waals surface area contributed by atoms with Crippen molar-refractivity contribution in [2.75, 3.05) is 19.5 Å². The number of fused-ring (bicyclic) bond motifs is 1. The minimum atomic E-state index is 0.0938. The Balaban J connectivity index is 1.57. The molecule has 0 atom stereocenters. The third-order valence-corrected chi connectivity index (χ3v) is 6.55. The van der Waals surface area contributed by atoms with Crippen LogP contribution in [0.2, 0.25) is 0 Å². The highest BCUT2D eigenvalue weighted by molar-refractivity contribution is 7.99. The number of nitrogens with zero attached hydrogens (tertiary/aromatic N) is 4. The molecule has 0 N–H and O–H groups in total. The van der Waals surface area contributed by atoms with E-state index in [1.54, 1.807) is 24.6 Å². The highest BCUT2D eigenvalue weighted by Gasteiger charge is 2.19. The van der Waals surface area contributed by atoms with Crippen molar-refractivity contribution in [3.63, 3.8) is 0 Å². The maximum Gasteiger partial charge on any atom is 0.193 e. The Hall–Kier alpha value is -2.42. The van der Waals surface area contributed by atoms with Gasteiger partial charge in [0.25, 0.3) is 0 Å². The molecule has 4 rings (SSSR count). The summed E-state index contributed by atoms with van der Waals surface area (Å²) < 4.78 is 9.41. The van der Waals surface area contributed by atoms with Crippen LogP contribution in [0.25, 0.3) is 16.2 Å². The van der Waals surface area contributed by atoms with Crippen molar-refractivity contribution < 1.29 is 9.53 Å². The van der Waals surface area contributed by atoms with E-state index in [2.05, 4.69) is 9.55 Å². The van der Waals surface area contributed by atoms with Gasteiger partial charge in [0.15, 0.2) is 16.1 Å². The van der Waals surface area contributed by atoms with Gasteiger partial charge in [-0.25, -0.2) is 9.97 Å². The number of hydrogen-bond acceptors (Lipinski definition) is 6. The van der Waals surface area contributed by atoms with Gasteiger partial charge < -0.3 is 9.30 Å². The lowest BCUT2D eigenvalue weighted by molar-refractivity contribution is 0.102. The number of thioether (sulfide) groups is 1. The first-order chi connectivity index (χ1) is 14.1. The van der Waals surface area contributed by atoms with E-state index in [9.17, 15) is 4.79 Å². The number of rotatable bonds is 8. The number of carbonyl (C=O) groups excluding carboxylic acids is 1. The van der Waals surface area contributed by atoms with Crippen molar-refractivity contribution in [2.45, 2.75) is 25.5 Å². The number of methoxy groups -OCH3 is 1. The molecule has 6 nitrogen and oxygen atoms in total. The summed E-state index contributed by atoms with van der Waals surface area (Å²) in [5.74, 6) is 0.426. The van der Waals surface area contributed by atoms with E-state index in [1.807, 2.05) is 54.1 Å².